The number of pyridine rings is 1. The van der Waals surface area contributed by atoms with E-state index in [1.165, 1.54) is 11.3 Å². The molecule has 30 heavy (non-hydrogen) atoms. The van der Waals surface area contributed by atoms with Crippen LogP contribution in [0.4, 0.5) is 0 Å². The molecule has 3 aromatic rings. The molecule has 0 N–H and O–H groups in total. The van der Waals surface area contributed by atoms with E-state index in [0.29, 0.717) is 35.8 Å². The van der Waals surface area contributed by atoms with E-state index >= 15 is 0 Å². The fraction of sp³-hybridized carbons (Fsp3) is 0.455. The molecule has 0 radical (unpaired) electrons. The molecular formula is C22H26N2O5S. The third-order valence-electron chi connectivity index (χ3n) is 5.50. The Balaban J connectivity index is 1.86. The van der Waals surface area contributed by atoms with Crippen molar-refractivity contribution in [1.29, 1.82) is 0 Å². The van der Waals surface area contributed by atoms with Crippen molar-refractivity contribution in [2.75, 3.05) is 40.5 Å². The number of para-hydroxylation sites is 1. The first-order valence-corrected chi connectivity index (χ1v) is 10.9. The number of carbonyl (C=O) groups excluding carboxylic acids is 1. The number of likely N-dealkylation sites (N-methyl/N-ethyl adjacent to an activating group) is 1. The number of aromatic nitrogens is 1. The quantitative estimate of drug-likeness (QED) is 0.576. The number of ether oxygens (including phenoxy) is 3. The van der Waals surface area contributed by atoms with Gasteiger partial charge in [-0.25, -0.2) is 0 Å². The van der Waals surface area contributed by atoms with Crippen molar-refractivity contribution in [2.45, 2.75) is 18.9 Å². The lowest BCUT2D eigenvalue weighted by molar-refractivity contribution is 0.0658. The van der Waals surface area contributed by atoms with E-state index in [-0.39, 0.29) is 17.6 Å². The number of nitrogens with zero attached hydrogens (tertiary/aromatic N) is 2. The summed E-state index contributed by atoms with van der Waals surface area (Å²) in [5.41, 5.74) is 0.662. The molecule has 8 heteroatoms. The number of benzene rings is 1. The zero-order chi connectivity index (χ0) is 21.3. The average molecular weight is 431 g/mol. The van der Waals surface area contributed by atoms with Crippen molar-refractivity contribution in [1.82, 2.24) is 9.47 Å². The standard InChI is InChI=1S/C22H26N2O5S/c1-23(10-12-27-3)22(26)20-18(29-13-14-7-6-11-28-14)17-19(30-20)15-8-4-5-9-16(15)24(2)21(17)25/h4-5,8-9,14H,6-7,10-13H2,1-3H3. The summed E-state index contributed by atoms with van der Waals surface area (Å²) < 4.78 is 19.3. The second-order valence-electron chi connectivity index (χ2n) is 7.51. The normalized spacial score (nSPS) is 16.4. The van der Waals surface area contributed by atoms with Crippen molar-refractivity contribution in [2.24, 2.45) is 7.05 Å². The molecule has 1 amide bonds. The molecule has 1 atom stereocenters. The van der Waals surface area contributed by atoms with Gasteiger partial charge in [0.05, 0.1) is 22.9 Å². The first-order valence-electron chi connectivity index (χ1n) is 10.1. The van der Waals surface area contributed by atoms with Gasteiger partial charge >= 0.3 is 0 Å². The maximum Gasteiger partial charge on any atom is 0.267 e. The lowest BCUT2D eigenvalue weighted by Gasteiger charge is -2.17. The Morgan fingerprint density at radius 3 is 2.90 bits per heavy atom. The molecule has 160 valence electrons. The van der Waals surface area contributed by atoms with Crippen LogP contribution in [0.3, 0.4) is 0 Å². The van der Waals surface area contributed by atoms with E-state index in [1.807, 2.05) is 24.3 Å². The van der Waals surface area contributed by atoms with E-state index < -0.39 is 0 Å². The molecule has 1 aliphatic heterocycles. The summed E-state index contributed by atoms with van der Waals surface area (Å²) in [6.45, 7) is 1.93. The highest BCUT2D eigenvalue weighted by atomic mass is 32.1. The summed E-state index contributed by atoms with van der Waals surface area (Å²) >= 11 is 1.32. The molecule has 0 aliphatic carbocycles. The molecule has 1 unspecified atom stereocenters. The van der Waals surface area contributed by atoms with Crippen molar-refractivity contribution in [3.63, 3.8) is 0 Å². The molecule has 0 spiro atoms. The van der Waals surface area contributed by atoms with Gasteiger partial charge in [0, 0.05) is 39.7 Å². The van der Waals surface area contributed by atoms with E-state index in [2.05, 4.69) is 0 Å². The van der Waals surface area contributed by atoms with Crippen LogP contribution in [-0.2, 0) is 16.5 Å². The smallest absolute Gasteiger partial charge is 0.267 e. The molecule has 7 nitrogen and oxygen atoms in total. The molecular weight excluding hydrogens is 404 g/mol. The van der Waals surface area contributed by atoms with Crippen LogP contribution in [0.25, 0.3) is 21.0 Å². The number of thiophene rings is 1. The fourth-order valence-corrected chi connectivity index (χ4v) is 5.03. The Bertz CT molecular complexity index is 1130. The number of aryl methyl sites for hydroxylation is 1. The third kappa shape index (κ3) is 3.71. The van der Waals surface area contributed by atoms with Crippen molar-refractivity contribution >= 4 is 38.2 Å². The summed E-state index contributed by atoms with van der Waals surface area (Å²) in [7, 11) is 5.08. The van der Waals surface area contributed by atoms with Crippen molar-refractivity contribution < 1.29 is 19.0 Å². The van der Waals surface area contributed by atoms with Crippen LogP contribution >= 0.6 is 11.3 Å². The minimum Gasteiger partial charge on any atom is -0.488 e. The monoisotopic (exact) mass is 430 g/mol. The lowest BCUT2D eigenvalue weighted by atomic mass is 10.1. The Kier molecular flexibility index (Phi) is 6.08. The summed E-state index contributed by atoms with van der Waals surface area (Å²) in [6, 6.07) is 7.72. The van der Waals surface area contributed by atoms with Crippen molar-refractivity contribution in [3.8, 4) is 5.75 Å². The van der Waals surface area contributed by atoms with Gasteiger partial charge in [0.25, 0.3) is 11.5 Å². The molecule has 1 saturated heterocycles. The van der Waals surface area contributed by atoms with E-state index in [4.69, 9.17) is 14.2 Å². The fourth-order valence-electron chi connectivity index (χ4n) is 3.77. The van der Waals surface area contributed by atoms with Crippen LogP contribution in [0.5, 0.6) is 5.75 Å². The van der Waals surface area contributed by atoms with E-state index in [1.54, 1.807) is 30.7 Å². The zero-order valence-electron chi connectivity index (χ0n) is 17.5. The Morgan fingerprint density at radius 2 is 2.17 bits per heavy atom. The topological polar surface area (TPSA) is 70.0 Å². The van der Waals surface area contributed by atoms with Crippen LogP contribution in [0, 0.1) is 0 Å². The van der Waals surface area contributed by atoms with Gasteiger partial charge < -0.3 is 23.7 Å². The van der Waals surface area contributed by atoms with Gasteiger partial charge in [0.1, 0.15) is 16.9 Å². The molecule has 3 heterocycles. The third-order valence-corrected chi connectivity index (χ3v) is 6.69. The Labute approximate surface area is 178 Å². The van der Waals surface area contributed by atoms with Crippen molar-refractivity contribution in [3.05, 3.63) is 39.5 Å². The second kappa shape index (κ2) is 8.75. The summed E-state index contributed by atoms with van der Waals surface area (Å²) in [5.74, 6) is 0.188. The largest absolute Gasteiger partial charge is 0.488 e. The molecule has 0 bridgehead atoms. The number of carbonyl (C=O) groups is 1. The average Bonchev–Trinajstić information content (AvgIpc) is 3.41. The molecule has 0 saturated carbocycles. The predicted octanol–water partition coefficient (Wildman–Crippen LogP) is 3.03. The van der Waals surface area contributed by atoms with Gasteiger partial charge in [-0.05, 0) is 18.9 Å². The van der Waals surface area contributed by atoms with Gasteiger partial charge in [0.15, 0.2) is 5.75 Å². The summed E-state index contributed by atoms with van der Waals surface area (Å²) in [5, 5.41) is 1.39. The highest BCUT2D eigenvalue weighted by Gasteiger charge is 2.28. The van der Waals surface area contributed by atoms with Crippen LogP contribution in [-0.4, -0.2) is 62.0 Å². The SMILES string of the molecule is COCCN(C)C(=O)c1sc2c(c1OCC1CCCO1)c(=O)n(C)c1ccccc21. The summed E-state index contributed by atoms with van der Waals surface area (Å²) in [4.78, 5) is 28.5. The van der Waals surface area contributed by atoms with Crippen LogP contribution < -0.4 is 10.3 Å². The molecule has 4 rings (SSSR count). The minimum atomic E-state index is -0.179. The first kappa shape index (κ1) is 20.8. The lowest BCUT2D eigenvalue weighted by Crippen LogP contribution is -2.30. The van der Waals surface area contributed by atoms with Gasteiger partial charge in [-0.2, -0.15) is 0 Å². The predicted molar refractivity (Wildman–Crippen MR) is 118 cm³/mol. The number of fused-ring (bicyclic) bond motifs is 3. The number of amides is 1. The number of rotatable bonds is 7. The van der Waals surface area contributed by atoms with E-state index in [9.17, 15) is 9.59 Å². The first-order chi connectivity index (χ1) is 14.5. The van der Waals surface area contributed by atoms with Crippen LogP contribution in [0.2, 0.25) is 0 Å². The summed E-state index contributed by atoms with van der Waals surface area (Å²) in [6.07, 6.45) is 1.90. The molecule has 2 aromatic heterocycles. The Hall–Kier alpha value is -2.42. The van der Waals surface area contributed by atoms with Gasteiger partial charge in [-0.3, -0.25) is 9.59 Å². The number of methoxy groups -OCH3 is 1. The van der Waals surface area contributed by atoms with E-state index in [0.717, 1.165) is 35.1 Å². The molecule has 1 aliphatic rings. The van der Waals surface area contributed by atoms with Crippen LogP contribution in [0.15, 0.2) is 29.1 Å². The van der Waals surface area contributed by atoms with Gasteiger partial charge in [-0.1, -0.05) is 18.2 Å². The molecule has 1 aromatic carbocycles. The highest BCUT2D eigenvalue weighted by Crippen LogP contribution is 2.40. The Morgan fingerprint density at radius 1 is 1.37 bits per heavy atom. The number of hydrogen-bond acceptors (Lipinski definition) is 6. The van der Waals surface area contributed by atoms with Crippen LogP contribution in [0.1, 0.15) is 22.5 Å². The molecule has 1 fully saturated rings. The number of hydrogen-bond donors (Lipinski definition) is 0. The maximum absolute atomic E-state index is 13.3. The minimum absolute atomic E-state index is 0.0153. The highest BCUT2D eigenvalue weighted by molar-refractivity contribution is 7.22. The second-order valence-corrected chi connectivity index (χ2v) is 8.53. The van der Waals surface area contributed by atoms with Gasteiger partial charge in [-0.15, -0.1) is 11.3 Å². The zero-order valence-corrected chi connectivity index (χ0v) is 18.3. The van der Waals surface area contributed by atoms with Gasteiger partial charge in [0.2, 0.25) is 0 Å². The maximum atomic E-state index is 13.3.